The molecule has 1 rings (SSSR count). The summed E-state index contributed by atoms with van der Waals surface area (Å²) in [6.07, 6.45) is 0.954. The Morgan fingerprint density at radius 2 is 2.38 bits per heavy atom. The summed E-state index contributed by atoms with van der Waals surface area (Å²) in [5, 5.41) is 11.9. The fourth-order valence-electron chi connectivity index (χ4n) is 1.87. The molecule has 2 unspecified atom stereocenters. The standard InChI is InChI=1S/C9H18N2O2/c1-3-11-7(2)4-5-10-9(13)8(11)6-12/h7-8,12H,3-6H2,1-2H3,(H,10,13). The van der Waals surface area contributed by atoms with Crippen LogP contribution < -0.4 is 5.32 Å². The van der Waals surface area contributed by atoms with Crippen molar-refractivity contribution in [1.29, 1.82) is 0 Å². The van der Waals surface area contributed by atoms with Crippen LogP contribution in [0, 0.1) is 0 Å². The van der Waals surface area contributed by atoms with Gasteiger partial charge in [-0.1, -0.05) is 6.92 Å². The van der Waals surface area contributed by atoms with Gasteiger partial charge in [0.25, 0.3) is 0 Å². The molecule has 1 saturated heterocycles. The van der Waals surface area contributed by atoms with Gasteiger partial charge in [0.05, 0.1) is 6.61 Å². The van der Waals surface area contributed by atoms with Crippen LogP contribution in [0.2, 0.25) is 0 Å². The van der Waals surface area contributed by atoms with Crippen LogP contribution in [0.4, 0.5) is 0 Å². The van der Waals surface area contributed by atoms with Crippen LogP contribution in [0.5, 0.6) is 0 Å². The highest BCUT2D eigenvalue weighted by atomic mass is 16.3. The second-order valence-corrected chi connectivity index (χ2v) is 3.46. The summed E-state index contributed by atoms with van der Waals surface area (Å²) in [4.78, 5) is 13.5. The Bertz CT molecular complexity index is 184. The number of aliphatic hydroxyl groups excluding tert-OH is 1. The summed E-state index contributed by atoms with van der Waals surface area (Å²) in [5.41, 5.74) is 0. The maximum atomic E-state index is 11.4. The van der Waals surface area contributed by atoms with Gasteiger partial charge >= 0.3 is 0 Å². The van der Waals surface area contributed by atoms with Gasteiger partial charge in [0, 0.05) is 12.6 Å². The predicted molar refractivity (Wildman–Crippen MR) is 50.3 cm³/mol. The van der Waals surface area contributed by atoms with Crippen molar-refractivity contribution < 1.29 is 9.90 Å². The summed E-state index contributed by atoms with van der Waals surface area (Å²) in [6, 6.07) is 0.00333. The van der Waals surface area contributed by atoms with Crippen molar-refractivity contribution in [2.45, 2.75) is 32.4 Å². The molecule has 0 aliphatic carbocycles. The lowest BCUT2D eigenvalue weighted by molar-refractivity contribution is -0.127. The van der Waals surface area contributed by atoms with Crippen molar-refractivity contribution in [2.75, 3.05) is 19.7 Å². The highest BCUT2D eigenvalue weighted by Gasteiger charge is 2.29. The Hall–Kier alpha value is -0.610. The van der Waals surface area contributed by atoms with E-state index in [0.29, 0.717) is 12.6 Å². The minimum absolute atomic E-state index is 0.0475. The fourth-order valence-corrected chi connectivity index (χ4v) is 1.87. The molecule has 1 heterocycles. The SMILES string of the molecule is CCN1C(C)CCNC(=O)C1CO. The van der Waals surface area contributed by atoms with Gasteiger partial charge in [0.15, 0.2) is 0 Å². The van der Waals surface area contributed by atoms with Gasteiger partial charge in [0.1, 0.15) is 6.04 Å². The van der Waals surface area contributed by atoms with Crippen molar-refractivity contribution in [3.8, 4) is 0 Å². The van der Waals surface area contributed by atoms with E-state index < -0.39 is 0 Å². The van der Waals surface area contributed by atoms with E-state index in [4.69, 9.17) is 5.11 Å². The first-order chi connectivity index (χ1) is 6.20. The molecule has 0 saturated carbocycles. The summed E-state index contributed by atoms with van der Waals surface area (Å²) in [6.45, 7) is 5.53. The van der Waals surface area contributed by atoms with E-state index in [9.17, 15) is 4.79 Å². The number of hydrogen-bond acceptors (Lipinski definition) is 3. The number of carbonyl (C=O) groups is 1. The van der Waals surface area contributed by atoms with E-state index in [0.717, 1.165) is 13.0 Å². The van der Waals surface area contributed by atoms with Gasteiger partial charge < -0.3 is 10.4 Å². The van der Waals surface area contributed by atoms with Crippen molar-refractivity contribution in [3.63, 3.8) is 0 Å². The van der Waals surface area contributed by atoms with Crippen LogP contribution in [0.15, 0.2) is 0 Å². The summed E-state index contributed by atoms with van der Waals surface area (Å²) in [5.74, 6) is -0.0475. The monoisotopic (exact) mass is 186 g/mol. The van der Waals surface area contributed by atoms with Crippen LogP contribution >= 0.6 is 0 Å². The molecule has 0 aromatic carbocycles. The van der Waals surface area contributed by atoms with Gasteiger partial charge in [-0.3, -0.25) is 9.69 Å². The van der Waals surface area contributed by atoms with E-state index in [-0.39, 0.29) is 18.6 Å². The summed E-state index contributed by atoms with van der Waals surface area (Å²) in [7, 11) is 0. The first-order valence-corrected chi connectivity index (χ1v) is 4.85. The number of amides is 1. The maximum Gasteiger partial charge on any atom is 0.239 e. The topological polar surface area (TPSA) is 52.6 Å². The molecule has 76 valence electrons. The van der Waals surface area contributed by atoms with Gasteiger partial charge in [0.2, 0.25) is 5.91 Å². The fraction of sp³-hybridized carbons (Fsp3) is 0.889. The van der Waals surface area contributed by atoms with Crippen LogP contribution in [0.3, 0.4) is 0 Å². The molecule has 0 spiro atoms. The molecule has 0 aromatic heterocycles. The number of nitrogens with zero attached hydrogens (tertiary/aromatic N) is 1. The first kappa shape index (κ1) is 10.5. The normalized spacial score (nSPS) is 31.2. The lowest BCUT2D eigenvalue weighted by Crippen LogP contribution is -2.49. The average Bonchev–Trinajstić information content (AvgIpc) is 2.25. The largest absolute Gasteiger partial charge is 0.394 e. The van der Waals surface area contributed by atoms with Gasteiger partial charge in [-0.2, -0.15) is 0 Å². The minimum Gasteiger partial charge on any atom is -0.394 e. The predicted octanol–water partition coefficient (Wildman–Crippen LogP) is -0.422. The molecule has 4 heteroatoms. The Morgan fingerprint density at radius 1 is 1.69 bits per heavy atom. The minimum atomic E-state index is -0.359. The second kappa shape index (κ2) is 4.58. The average molecular weight is 186 g/mol. The quantitative estimate of drug-likeness (QED) is 0.615. The van der Waals surface area contributed by atoms with E-state index >= 15 is 0 Å². The third-order valence-corrected chi connectivity index (χ3v) is 2.67. The number of rotatable bonds is 2. The number of aliphatic hydroxyl groups is 1. The third-order valence-electron chi connectivity index (χ3n) is 2.67. The molecule has 13 heavy (non-hydrogen) atoms. The molecule has 4 nitrogen and oxygen atoms in total. The number of hydrogen-bond donors (Lipinski definition) is 2. The third kappa shape index (κ3) is 2.19. The second-order valence-electron chi connectivity index (χ2n) is 3.46. The van der Waals surface area contributed by atoms with Gasteiger partial charge in [-0.15, -0.1) is 0 Å². The van der Waals surface area contributed by atoms with Crippen LogP contribution in [-0.4, -0.2) is 47.7 Å². The number of nitrogens with one attached hydrogen (secondary N) is 1. The molecular formula is C9H18N2O2. The van der Waals surface area contributed by atoms with Crippen molar-refractivity contribution >= 4 is 5.91 Å². The molecule has 0 aromatic rings. The Labute approximate surface area is 78.9 Å². The highest BCUT2D eigenvalue weighted by molar-refractivity contribution is 5.82. The van der Waals surface area contributed by atoms with E-state index in [1.54, 1.807) is 0 Å². The molecule has 1 aliphatic rings. The smallest absolute Gasteiger partial charge is 0.239 e. The van der Waals surface area contributed by atoms with E-state index in [1.807, 2.05) is 11.8 Å². The Kier molecular flexibility index (Phi) is 3.69. The zero-order valence-corrected chi connectivity index (χ0v) is 8.29. The number of likely N-dealkylation sites (N-methyl/N-ethyl adjacent to an activating group) is 1. The molecule has 0 radical (unpaired) electrons. The zero-order valence-electron chi connectivity index (χ0n) is 8.29. The Morgan fingerprint density at radius 3 is 2.92 bits per heavy atom. The highest BCUT2D eigenvalue weighted by Crippen LogP contribution is 2.11. The first-order valence-electron chi connectivity index (χ1n) is 4.85. The molecule has 2 N–H and O–H groups in total. The van der Waals surface area contributed by atoms with Crippen molar-refractivity contribution in [1.82, 2.24) is 10.2 Å². The number of carbonyl (C=O) groups excluding carboxylic acids is 1. The van der Waals surface area contributed by atoms with Gasteiger partial charge in [-0.25, -0.2) is 0 Å². The van der Waals surface area contributed by atoms with E-state index in [1.165, 1.54) is 0 Å². The lowest BCUT2D eigenvalue weighted by atomic mass is 10.1. The van der Waals surface area contributed by atoms with Crippen molar-refractivity contribution in [3.05, 3.63) is 0 Å². The lowest BCUT2D eigenvalue weighted by Gasteiger charge is -2.30. The molecule has 0 bridgehead atoms. The van der Waals surface area contributed by atoms with Gasteiger partial charge in [-0.05, 0) is 19.9 Å². The van der Waals surface area contributed by atoms with Crippen molar-refractivity contribution in [2.24, 2.45) is 0 Å². The summed E-state index contributed by atoms with van der Waals surface area (Å²) < 4.78 is 0. The Balaban J connectivity index is 2.75. The maximum absolute atomic E-state index is 11.4. The van der Waals surface area contributed by atoms with Crippen LogP contribution in [-0.2, 0) is 4.79 Å². The molecule has 1 fully saturated rings. The molecular weight excluding hydrogens is 168 g/mol. The summed E-state index contributed by atoms with van der Waals surface area (Å²) >= 11 is 0. The van der Waals surface area contributed by atoms with E-state index in [2.05, 4.69) is 12.2 Å². The van der Waals surface area contributed by atoms with Crippen LogP contribution in [0.25, 0.3) is 0 Å². The molecule has 2 atom stereocenters. The zero-order chi connectivity index (χ0) is 9.84. The molecule has 1 amide bonds. The molecule has 1 aliphatic heterocycles. The van der Waals surface area contributed by atoms with Crippen LogP contribution in [0.1, 0.15) is 20.3 Å².